The first-order valence-corrected chi connectivity index (χ1v) is 10.8. The van der Waals surface area contributed by atoms with E-state index in [-0.39, 0.29) is 36.3 Å². The van der Waals surface area contributed by atoms with Crippen LogP contribution in [0.5, 0.6) is 5.75 Å². The van der Waals surface area contributed by atoms with Crippen molar-refractivity contribution in [2.45, 2.75) is 39.3 Å². The second-order valence-corrected chi connectivity index (χ2v) is 8.39. The van der Waals surface area contributed by atoms with Crippen molar-refractivity contribution in [2.75, 3.05) is 24.5 Å². The first-order chi connectivity index (χ1) is 14.9. The maximum atomic E-state index is 13.8. The van der Waals surface area contributed by atoms with Gasteiger partial charge in [-0.1, -0.05) is 24.3 Å². The van der Waals surface area contributed by atoms with E-state index in [0.29, 0.717) is 37.4 Å². The number of carbonyl (C=O) groups excluding carboxylic acids is 2. The Balaban J connectivity index is 1.43. The van der Waals surface area contributed by atoms with Gasteiger partial charge in [0.1, 0.15) is 17.7 Å². The molecular formula is C24H28FN3O3. The minimum atomic E-state index is -0.335. The van der Waals surface area contributed by atoms with Crippen LogP contribution in [-0.2, 0) is 11.3 Å². The molecule has 2 aliphatic rings. The molecule has 2 aromatic rings. The van der Waals surface area contributed by atoms with Crippen molar-refractivity contribution in [3.05, 3.63) is 59.4 Å². The Morgan fingerprint density at radius 1 is 1.19 bits per heavy atom. The van der Waals surface area contributed by atoms with E-state index in [1.54, 1.807) is 28.0 Å². The number of hydrogen-bond acceptors (Lipinski definition) is 3. The lowest BCUT2D eigenvalue weighted by Crippen LogP contribution is -2.53. The van der Waals surface area contributed by atoms with Crippen LogP contribution in [0.25, 0.3) is 0 Å². The average Bonchev–Trinajstić information content (AvgIpc) is 2.77. The van der Waals surface area contributed by atoms with Gasteiger partial charge in [-0.25, -0.2) is 9.18 Å². The zero-order valence-corrected chi connectivity index (χ0v) is 17.9. The molecule has 0 bridgehead atoms. The zero-order valence-electron chi connectivity index (χ0n) is 17.9. The Morgan fingerprint density at radius 3 is 2.81 bits per heavy atom. The molecular weight excluding hydrogens is 397 g/mol. The number of halogens is 1. The van der Waals surface area contributed by atoms with Crippen molar-refractivity contribution < 1.29 is 18.7 Å². The molecule has 0 aliphatic carbocycles. The predicted octanol–water partition coefficient (Wildman–Crippen LogP) is 3.87. The van der Waals surface area contributed by atoms with E-state index in [1.807, 2.05) is 32.0 Å². The minimum absolute atomic E-state index is 0.103. The number of urea groups is 1. The van der Waals surface area contributed by atoms with E-state index < -0.39 is 0 Å². The highest BCUT2D eigenvalue weighted by Gasteiger charge is 2.34. The Bertz CT molecular complexity index is 980. The van der Waals surface area contributed by atoms with E-state index in [4.69, 9.17) is 4.74 Å². The number of rotatable bonds is 3. The molecule has 0 spiro atoms. The monoisotopic (exact) mass is 425 g/mol. The fraction of sp³-hybridized carbons (Fsp3) is 0.417. The largest absolute Gasteiger partial charge is 0.487 e. The molecule has 2 atom stereocenters. The van der Waals surface area contributed by atoms with Gasteiger partial charge in [-0.2, -0.15) is 0 Å². The molecule has 0 radical (unpaired) electrons. The van der Waals surface area contributed by atoms with Crippen molar-refractivity contribution in [3.8, 4) is 5.75 Å². The normalized spacial score (nSPS) is 20.6. The van der Waals surface area contributed by atoms with Crippen molar-refractivity contribution >= 4 is 17.6 Å². The molecule has 2 aliphatic heterocycles. The van der Waals surface area contributed by atoms with Crippen LogP contribution in [0.3, 0.4) is 0 Å². The van der Waals surface area contributed by atoms with Crippen molar-refractivity contribution in [1.29, 1.82) is 0 Å². The Hall–Kier alpha value is -3.09. The third kappa shape index (κ3) is 4.65. The molecule has 0 aromatic heterocycles. The number of aryl methyl sites for hydroxylation is 1. The van der Waals surface area contributed by atoms with Crippen molar-refractivity contribution in [2.24, 2.45) is 5.92 Å². The molecule has 6 nitrogen and oxygen atoms in total. The molecule has 1 saturated heterocycles. The Kier molecular flexibility index (Phi) is 6.11. The molecule has 7 heteroatoms. The Labute approximate surface area is 182 Å². The number of carbonyl (C=O) groups is 2. The number of amides is 3. The van der Waals surface area contributed by atoms with Gasteiger partial charge in [0.25, 0.3) is 0 Å². The van der Waals surface area contributed by atoms with Gasteiger partial charge < -0.3 is 15.0 Å². The van der Waals surface area contributed by atoms with Crippen LogP contribution in [0, 0.1) is 18.7 Å². The van der Waals surface area contributed by atoms with Crippen LogP contribution in [-0.4, -0.2) is 42.6 Å². The maximum absolute atomic E-state index is 13.8. The minimum Gasteiger partial charge on any atom is -0.487 e. The number of likely N-dealkylation sites (tertiary alicyclic amines) is 1. The number of benzene rings is 2. The summed E-state index contributed by atoms with van der Waals surface area (Å²) in [6, 6.07) is 12.1. The van der Waals surface area contributed by atoms with E-state index in [9.17, 15) is 14.0 Å². The lowest BCUT2D eigenvalue weighted by molar-refractivity contribution is -0.126. The number of anilines is 1. The first-order valence-electron chi connectivity index (χ1n) is 10.8. The van der Waals surface area contributed by atoms with Crippen LogP contribution in [0.4, 0.5) is 14.9 Å². The standard InChI is InChI=1S/C24H28FN3O3/c1-16-9-10-22-21(12-16)28(14-17(2)31-22)24(30)27-11-5-7-19(15-27)23(29)26-13-18-6-3-4-8-20(18)25/h3-4,6,8-10,12,17,19H,5,7,11,13-15H2,1-2H3,(H,26,29)/t17-,19+/m1/s1. The number of nitrogens with one attached hydrogen (secondary N) is 1. The first kappa shape index (κ1) is 21.2. The van der Waals surface area contributed by atoms with Gasteiger partial charge >= 0.3 is 6.03 Å². The van der Waals surface area contributed by atoms with Gasteiger partial charge in [-0.05, 0) is 50.5 Å². The highest BCUT2D eigenvalue weighted by molar-refractivity contribution is 5.94. The van der Waals surface area contributed by atoms with Gasteiger partial charge in [0.2, 0.25) is 5.91 Å². The third-order valence-electron chi connectivity index (χ3n) is 5.88. The number of nitrogens with zero attached hydrogens (tertiary/aromatic N) is 2. The summed E-state index contributed by atoms with van der Waals surface area (Å²) in [5.74, 6) is -0.0835. The van der Waals surface area contributed by atoms with E-state index >= 15 is 0 Å². The van der Waals surface area contributed by atoms with Crippen LogP contribution < -0.4 is 15.0 Å². The predicted molar refractivity (Wildman–Crippen MR) is 117 cm³/mol. The smallest absolute Gasteiger partial charge is 0.324 e. The van der Waals surface area contributed by atoms with Gasteiger partial charge in [0, 0.05) is 25.2 Å². The highest BCUT2D eigenvalue weighted by Crippen LogP contribution is 2.35. The summed E-state index contributed by atoms with van der Waals surface area (Å²) in [4.78, 5) is 29.6. The molecule has 31 heavy (non-hydrogen) atoms. The topological polar surface area (TPSA) is 61.9 Å². The molecule has 0 unspecified atom stereocenters. The van der Waals surface area contributed by atoms with Crippen molar-refractivity contribution in [3.63, 3.8) is 0 Å². The molecule has 3 amide bonds. The quantitative estimate of drug-likeness (QED) is 0.812. The summed E-state index contributed by atoms with van der Waals surface area (Å²) in [7, 11) is 0. The second-order valence-electron chi connectivity index (χ2n) is 8.39. The van der Waals surface area contributed by atoms with Crippen LogP contribution >= 0.6 is 0 Å². The summed E-state index contributed by atoms with van der Waals surface area (Å²) in [6.45, 7) is 5.51. The van der Waals surface area contributed by atoms with E-state index in [2.05, 4.69) is 5.32 Å². The molecule has 4 rings (SSSR count). The Morgan fingerprint density at radius 2 is 2.00 bits per heavy atom. The fourth-order valence-electron chi connectivity index (χ4n) is 4.23. The highest BCUT2D eigenvalue weighted by atomic mass is 19.1. The summed E-state index contributed by atoms with van der Waals surface area (Å²) in [6.07, 6.45) is 1.36. The lowest BCUT2D eigenvalue weighted by atomic mass is 9.97. The molecule has 0 saturated carbocycles. The summed E-state index contributed by atoms with van der Waals surface area (Å²) >= 11 is 0. The van der Waals surface area contributed by atoms with Gasteiger partial charge in [-0.3, -0.25) is 9.69 Å². The summed E-state index contributed by atoms with van der Waals surface area (Å²) < 4.78 is 19.7. The van der Waals surface area contributed by atoms with E-state index in [0.717, 1.165) is 17.7 Å². The molecule has 2 heterocycles. The molecule has 164 valence electrons. The van der Waals surface area contributed by atoms with Gasteiger partial charge in [0.15, 0.2) is 0 Å². The van der Waals surface area contributed by atoms with Crippen molar-refractivity contribution in [1.82, 2.24) is 10.2 Å². The SMILES string of the molecule is Cc1ccc2c(c1)N(C(=O)N1CCC[C@H](C(=O)NCc3ccccc3F)C1)C[C@@H](C)O2. The maximum Gasteiger partial charge on any atom is 0.324 e. The number of ether oxygens (including phenoxy) is 1. The van der Waals surface area contributed by atoms with Crippen LogP contribution in [0.2, 0.25) is 0 Å². The average molecular weight is 426 g/mol. The van der Waals surface area contributed by atoms with Gasteiger partial charge in [0.05, 0.1) is 18.2 Å². The van der Waals surface area contributed by atoms with Crippen LogP contribution in [0.15, 0.2) is 42.5 Å². The number of hydrogen-bond donors (Lipinski definition) is 1. The second kappa shape index (κ2) is 8.96. The zero-order chi connectivity index (χ0) is 22.0. The van der Waals surface area contributed by atoms with E-state index in [1.165, 1.54) is 6.07 Å². The summed E-state index contributed by atoms with van der Waals surface area (Å²) in [5, 5.41) is 2.83. The third-order valence-corrected chi connectivity index (χ3v) is 5.88. The van der Waals surface area contributed by atoms with Crippen LogP contribution in [0.1, 0.15) is 30.9 Å². The lowest BCUT2D eigenvalue weighted by Gasteiger charge is -2.39. The number of fused-ring (bicyclic) bond motifs is 1. The molecule has 1 fully saturated rings. The number of piperidine rings is 1. The molecule has 1 N–H and O–H groups in total. The fourth-order valence-corrected chi connectivity index (χ4v) is 4.23. The summed E-state index contributed by atoms with van der Waals surface area (Å²) in [5.41, 5.74) is 2.28. The molecule has 2 aromatic carbocycles. The van der Waals surface area contributed by atoms with Gasteiger partial charge in [-0.15, -0.1) is 0 Å².